The maximum atomic E-state index is 13.4. The van der Waals surface area contributed by atoms with Gasteiger partial charge in [0.25, 0.3) is 5.91 Å². The molecule has 0 aromatic heterocycles. The topological polar surface area (TPSA) is 96.2 Å². The van der Waals surface area contributed by atoms with Gasteiger partial charge in [-0.25, -0.2) is 8.78 Å². The first-order chi connectivity index (χ1) is 9.49. The number of anilines is 1. The smallest absolute Gasteiger partial charge is 0.251 e. The molecule has 0 fully saturated rings. The van der Waals surface area contributed by atoms with E-state index in [4.69, 9.17) is 5.84 Å². The third-order valence-corrected chi connectivity index (χ3v) is 2.46. The van der Waals surface area contributed by atoms with Crippen molar-refractivity contribution in [1.82, 2.24) is 10.6 Å². The molecule has 1 aromatic carbocycles. The first-order valence-corrected chi connectivity index (χ1v) is 6.00. The highest BCUT2D eigenvalue weighted by molar-refractivity contribution is 5.94. The number of nitrogens with one attached hydrogen (secondary N) is 3. The zero-order valence-corrected chi connectivity index (χ0v) is 10.9. The van der Waals surface area contributed by atoms with E-state index in [9.17, 15) is 18.4 Å². The second-order valence-electron chi connectivity index (χ2n) is 3.92. The summed E-state index contributed by atoms with van der Waals surface area (Å²) in [5.74, 6) is 2.12. The molecule has 0 saturated carbocycles. The number of nitrogen functional groups attached to an aromatic ring is 1. The van der Waals surface area contributed by atoms with Crippen LogP contribution in [-0.2, 0) is 4.79 Å². The third kappa shape index (κ3) is 4.16. The van der Waals surface area contributed by atoms with E-state index in [2.05, 4.69) is 10.6 Å². The first-order valence-electron chi connectivity index (χ1n) is 6.00. The number of nitrogens with two attached hydrogens (primary N) is 1. The molecule has 110 valence electrons. The van der Waals surface area contributed by atoms with Gasteiger partial charge in [0.2, 0.25) is 5.91 Å². The molecule has 8 heteroatoms. The van der Waals surface area contributed by atoms with Gasteiger partial charge in [-0.15, -0.1) is 0 Å². The number of halogens is 2. The number of amides is 2. The molecule has 1 aromatic rings. The fourth-order valence-corrected chi connectivity index (χ4v) is 1.52. The SMILES string of the molecule is CCNC(=O)CCNC(=O)c1cc(F)c(NN)c(F)c1. The summed E-state index contributed by atoms with van der Waals surface area (Å²) >= 11 is 0. The fourth-order valence-electron chi connectivity index (χ4n) is 1.52. The van der Waals surface area contributed by atoms with Crippen molar-refractivity contribution in [3.8, 4) is 0 Å². The Bertz CT molecular complexity index is 485. The minimum absolute atomic E-state index is 0.0742. The predicted molar refractivity (Wildman–Crippen MR) is 69.8 cm³/mol. The molecule has 5 N–H and O–H groups in total. The van der Waals surface area contributed by atoms with E-state index in [1.807, 2.05) is 5.43 Å². The highest BCUT2D eigenvalue weighted by Gasteiger charge is 2.14. The average Bonchev–Trinajstić information content (AvgIpc) is 2.38. The van der Waals surface area contributed by atoms with Crippen LogP contribution in [0.15, 0.2) is 12.1 Å². The Kier molecular flexibility index (Phi) is 5.85. The van der Waals surface area contributed by atoms with Gasteiger partial charge in [-0.1, -0.05) is 0 Å². The van der Waals surface area contributed by atoms with Crippen LogP contribution in [0.5, 0.6) is 0 Å². The summed E-state index contributed by atoms with van der Waals surface area (Å²) in [7, 11) is 0. The van der Waals surface area contributed by atoms with Crippen LogP contribution in [0.2, 0.25) is 0 Å². The van der Waals surface area contributed by atoms with E-state index in [-0.39, 0.29) is 24.4 Å². The molecule has 0 unspecified atom stereocenters. The quantitative estimate of drug-likeness (QED) is 0.452. The lowest BCUT2D eigenvalue weighted by Crippen LogP contribution is -2.30. The molecule has 0 aliphatic heterocycles. The van der Waals surface area contributed by atoms with Gasteiger partial charge < -0.3 is 16.1 Å². The summed E-state index contributed by atoms with van der Waals surface area (Å²) < 4.78 is 26.8. The van der Waals surface area contributed by atoms with Crippen LogP contribution < -0.4 is 21.9 Å². The van der Waals surface area contributed by atoms with Crippen molar-refractivity contribution in [3.63, 3.8) is 0 Å². The van der Waals surface area contributed by atoms with Gasteiger partial charge in [0.05, 0.1) is 0 Å². The lowest BCUT2D eigenvalue weighted by atomic mass is 10.1. The Labute approximate surface area is 114 Å². The van der Waals surface area contributed by atoms with Crippen LogP contribution in [0.4, 0.5) is 14.5 Å². The molecule has 0 bridgehead atoms. The van der Waals surface area contributed by atoms with Crippen molar-refractivity contribution < 1.29 is 18.4 Å². The zero-order chi connectivity index (χ0) is 15.1. The molecule has 6 nitrogen and oxygen atoms in total. The van der Waals surface area contributed by atoms with Crippen LogP contribution in [0, 0.1) is 11.6 Å². The van der Waals surface area contributed by atoms with E-state index in [0.29, 0.717) is 6.54 Å². The lowest BCUT2D eigenvalue weighted by molar-refractivity contribution is -0.120. The van der Waals surface area contributed by atoms with E-state index in [1.165, 1.54) is 0 Å². The summed E-state index contributed by atoms with van der Waals surface area (Å²) in [6, 6.07) is 1.72. The molecular weight excluding hydrogens is 270 g/mol. The number of carbonyl (C=O) groups excluding carboxylic acids is 2. The number of hydrogen-bond donors (Lipinski definition) is 4. The van der Waals surface area contributed by atoms with Gasteiger partial charge >= 0.3 is 0 Å². The molecule has 0 spiro atoms. The Morgan fingerprint density at radius 1 is 1.20 bits per heavy atom. The molecule has 20 heavy (non-hydrogen) atoms. The van der Waals surface area contributed by atoms with Crippen LogP contribution >= 0.6 is 0 Å². The van der Waals surface area contributed by atoms with Gasteiger partial charge in [0, 0.05) is 25.1 Å². The number of hydrazine groups is 1. The molecule has 0 radical (unpaired) electrons. The summed E-state index contributed by atoms with van der Waals surface area (Å²) in [5.41, 5.74) is 1.17. The standard InChI is InChI=1S/C12H16F2N4O2/c1-2-16-10(19)3-4-17-12(20)7-5-8(13)11(18-15)9(14)6-7/h5-6,18H,2-4,15H2,1H3,(H,16,19)(H,17,20). The molecule has 0 aliphatic carbocycles. The van der Waals surface area contributed by atoms with Crippen molar-refractivity contribution in [3.05, 3.63) is 29.3 Å². The Hall–Kier alpha value is -2.22. The van der Waals surface area contributed by atoms with E-state index >= 15 is 0 Å². The van der Waals surface area contributed by atoms with E-state index in [0.717, 1.165) is 12.1 Å². The number of rotatable bonds is 6. The normalized spacial score (nSPS) is 10.0. The van der Waals surface area contributed by atoms with Crippen LogP contribution in [0.3, 0.4) is 0 Å². The maximum Gasteiger partial charge on any atom is 0.251 e. The number of benzene rings is 1. The van der Waals surface area contributed by atoms with Crippen molar-refractivity contribution in [2.24, 2.45) is 5.84 Å². The van der Waals surface area contributed by atoms with Crippen LogP contribution in [0.25, 0.3) is 0 Å². The molecule has 1 rings (SSSR count). The fraction of sp³-hybridized carbons (Fsp3) is 0.333. The van der Waals surface area contributed by atoms with Gasteiger partial charge in [0.1, 0.15) is 5.69 Å². The molecule has 0 saturated heterocycles. The van der Waals surface area contributed by atoms with Crippen molar-refractivity contribution >= 4 is 17.5 Å². The lowest BCUT2D eigenvalue weighted by Gasteiger charge is -2.08. The number of carbonyl (C=O) groups is 2. The molecule has 0 atom stereocenters. The van der Waals surface area contributed by atoms with E-state index < -0.39 is 23.2 Å². The molecule has 0 heterocycles. The molecular formula is C12H16F2N4O2. The van der Waals surface area contributed by atoms with Crippen molar-refractivity contribution in [1.29, 1.82) is 0 Å². The summed E-state index contributed by atoms with van der Waals surface area (Å²) in [5, 5.41) is 4.96. The van der Waals surface area contributed by atoms with Gasteiger partial charge in [-0.3, -0.25) is 15.4 Å². The Balaban J connectivity index is 2.62. The highest BCUT2D eigenvalue weighted by Crippen LogP contribution is 2.19. The van der Waals surface area contributed by atoms with E-state index in [1.54, 1.807) is 6.92 Å². The van der Waals surface area contributed by atoms with Crippen LogP contribution in [0.1, 0.15) is 23.7 Å². The second-order valence-corrected chi connectivity index (χ2v) is 3.92. The largest absolute Gasteiger partial charge is 0.356 e. The van der Waals surface area contributed by atoms with Gasteiger partial charge in [-0.05, 0) is 19.1 Å². The van der Waals surface area contributed by atoms with Crippen molar-refractivity contribution in [2.45, 2.75) is 13.3 Å². The highest BCUT2D eigenvalue weighted by atomic mass is 19.1. The Morgan fingerprint density at radius 2 is 1.80 bits per heavy atom. The van der Waals surface area contributed by atoms with Crippen LogP contribution in [-0.4, -0.2) is 24.9 Å². The maximum absolute atomic E-state index is 13.4. The predicted octanol–water partition coefficient (Wildman–Crippen LogP) is 0.506. The summed E-state index contributed by atoms with van der Waals surface area (Å²) in [4.78, 5) is 22.8. The summed E-state index contributed by atoms with van der Waals surface area (Å²) in [6.07, 6.45) is 0.0903. The zero-order valence-electron chi connectivity index (χ0n) is 10.9. The average molecular weight is 286 g/mol. The minimum Gasteiger partial charge on any atom is -0.356 e. The van der Waals surface area contributed by atoms with Gasteiger partial charge in [-0.2, -0.15) is 0 Å². The second kappa shape index (κ2) is 7.39. The van der Waals surface area contributed by atoms with Crippen molar-refractivity contribution in [2.75, 3.05) is 18.5 Å². The van der Waals surface area contributed by atoms with Gasteiger partial charge in [0.15, 0.2) is 11.6 Å². The third-order valence-electron chi connectivity index (χ3n) is 2.46. The monoisotopic (exact) mass is 286 g/mol. The molecule has 0 aliphatic rings. The molecule has 2 amide bonds. The first kappa shape index (κ1) is 15.8. The minimum atomic E-state index is -0.971. The Morgan fingerprint density at radius 3 is 2.30 bits per heavy atom. The number of hydrogen-bond acceptors (Lipinski definition) is 4. The summed E-state index contributed by atoms with van der Waals surface area (Å²) in [6.45, 7) is 2.34.